The van der Waals surface area contributed by atoms with Crippen LogP contribution in [-0.2, 0) is 0 Å². The SMILES string of the molecule is N#Cc1ccnc(N2CCCN(CCO)CC2)c1. The van der Waals surface area contributed by atoms with Gasteiger partial charge in [0.15, 0.2) is 0 Å². The molecule has 0 spiro atoms. The lowest BCUT2D eigenvalue weighted by atomic mass is 10.2. The molecule has 5 heteroatoms. The van der Waals surface area contributed by atoms with E-state index in [1.807, 2.05) is 6.07 Å². The maximum Gasteiger partial charge on any atom is 0.129 e. The van der Waals surface area contributed by atoms with Gasteiger partial charge < -0.3 is 10.0 Å². The van der Waals surface area contributed by atoms with Crippen molar-refractivity contribution in [2.24, 2.45) is 0 Å². The monoisotopic (exact) mass is 246 g/mol. The van der Waals surface area contributed by atoms with Crippen molar-refractivity contribution in [2.45, 2.75) is 6.42 Å². The van der Waals surface area contributed by atoms with Gasteiger partial charge in [-0.3, -0.25) is 4.90 Å². The fourth-order valence-electron chi connectivity index (χ4n) is 2.23. The van der Waals surface area contributed by atoms with Gasteiger partial charge in [-0.25, -0.2) is 4.98 Å². The van der Waals surface area contributed by atoms with Crippen molar-refractivity contribution in [1.82, 2.24) is 9.88 Å². The van der Waals surface area contributed by atoms with Crippen LogP contribution in [0.15, 0.2) is 18.3 Å². The second kappa shape index (κ2) is 6.34. The van der Waals surface area contributed by atoms with Crippen LogP contribution in [0.1, 0.15) is 12.0 Å². The van der Waals surface area contributed by atoms with E-state index < -0.39 is 0 Å². The molecule has 0 unspecified atom stereocenters. The number of anilines is 1. The Morgan fingerprint density at radius 3 is 3.00 bits per heavy atom. The van der Waals surface area contributed by atoms with Gasteiger partial charge >= 0.3 is 0 Å². The van der Waals surface area contributed by atoms with Crippen molar-refractivity contribution in [2.75, 3.05) is 44.2 Å². The average Bonchev–Trinajstić information content (AvgIpc) is 2.65. The van der Waals surface area contributed by atoms with Gasteiger partial charge in [-0.2, -0.15) is 5.26 Å². The quantitative estimate of drug-likeness (QED) is 0.839. The summed E-state index contributed by atoms with van der Waals surface area (Å²) in [5.74, 6) is 0.875. The highest BCUT2D eigenvalue weighted by atomic mass is 16.3. The van der Waals surface area contributed by atoms with Gasteiger partial charge in [0.25, 0.3) is 0 Å². The van der Waals surface area contributed by atoms with E-state index in [0.717, 1.165) is 45.0 Å². The van der Waals surface area contributed by atoms with Gasteiger partial charge in [0, 0.05) is 32.4 Å². The molecule has 1 N–H and O–H groups in total. The van der Waals surface area contributed by atoms with Crippen LogP contribution in [0.5, 0.6) is 0 Å². The zero-order chi connectivity index (χ0) is 12.8. The van der Waals surface area contributed by atoms with Crippen molar-refractivity contribution in [3.05, 3.63) is 23.9 Å². The van der Waals surface area contributed by atoms with E-state index in [1.54, 1.807) is 12.3 Å². The topological polar surface area (TPSA) is 63.4 Å². The van der Waals surface area contributed by atoms with Crippen LogP contribution in [-0.4, -0.2) is 54.3 Å². The van der Waals surface area contributed by atoms with Crippen LogP contribution in [0.25, 0.3) is 0 Å². The number of nitriles is 1. The van der Waals surface area contributed by atoms with Crippen LogP contribution in [0, 0.1) is 11.3 Å². The molecule has 1 fully saturated rings. The minimum Gasteiger partial charge on any atom is -0.395 e. The summed E-state index contributed by atoms with van der Waals surface area (Å²) < 4.78 is 0. The van der Waals surface area contributed by atoms with Crippen molar-refractivity contribution in [1.29, 1.82) is 5.26 Å². The molecule has 1 aromatic heterocycles. The lowest BCUT2D eigenvalue weighted by Crippen LogP contribution is -2.32. The molecule has 2 rings (SSSR count). The van der Waals surface area contributed by atoms with E-state index in [-0.39, 0.29) is 6.61 Å². The van der Waals surface area contributed by atoms with Crippen LogP contribution in [0.2, 0.25) is 0 Å². The van der Waals surface area contributed by atoms with E-state index in [9.17, 15) is 0 Å². The minimum absolute atomic E-state index is 0.210. The third kappa shape index (κ3) is 3.19. The fraction of sp³-hybridized carbons (Fsp3) is 0.538. The molecule has 1 aliphatic rings. The van der Waals surface area contributed by atoms with Crippen molar-refractivity contribution in [3.63, 3.8) is 0 Å². The molecule has 1 saturated heterocycles. The summed E-state index contributed by atoms with van der Waals surface area (Å²) in [6.45, 7) is 4.72. The average molecular weight is 246 g/mol. The summed E-state index contributed by atoms with van der Waals surface area (Å²) >= 11 is 0. The van der Waals surface area contributed by atoms with Crippen molar-refractivity contribution < 1.29 is 5.11 Å². The summed E-state index contributed by atoms with van der Waals surface area (Å²) in [5, 5.41) is 17.9. The van der Waals surface area contributed by atoms with Gasteiger partial charge in [-0.1, -0.05) is 0 Å². The van der Waals surface area contributed by atoms with E-state index in [1.165, 1.54) is 0 Å². The Hall–Kier alpha value is -1.64. The Bertz CT molecular complexity index is 429. The maximum absolute atomic E-state index is 8.96. The zero-order valence-electron chi connectivity index (χ0n) is 10.4. The number of aliphatic hydroxyl groups excluding tert-OH is 1. The Morgan fingerprint density at radius 2 is 2.22 bits per heavy atom. The van der Waals surface area contributed by atoms with Gasteiger partial charge in [-0.15, -0.1) is 0 Å². The number of hydrogen-bond donors (Lipinski definition) is 1. The number of aromatic nitrogens is 1. The van der Waals surface area contributed by atoms with Gasteiger partial charge in [-0.05, 0) is 25.1 Å². The number of pyridine rings is 1. The lowest BCUT2D eigenvalue weighted by molar-refractivity contribution is 0.204. The molecule has 1 aliphatic heterocycles. The standard InChI is InChI=1S/C13H18N4O/c14-11-12-2-3-15-13(10-12)17-5-1-4-16(6-7-17)8-9-18/h2-3,10,18H,1,4-9H2. The molecule has 5 nitrogen and oxygen atoms in total. The molecular formula is C13H18N4O. The van der Waals surface area contributed by atoms with Crippen LogP contribution in [0.3, 0.4) is 0 Å². The van der Waals surface area contributed by atoms with Gasteiger partial charge in [0.1, 0.15) is 5.82 Å². The highest BCUT2D eigenvalue weighted by Gasteiger charge is 2.15. The predicted molar refractivity (Wildman–Crippen MR) is 69.3 cm³/mol. The molecule has 0 amide bonds. The van der Waals surface area contributed by atoms with E-state index >= 15 is 0 Å². The first-order valence-electron chi connectivity index (χ1n) is 6.28. The highest BCUT2D eigenvalue weighted by Crippen LogP contribution is 2.14. The summed E-state index contributed by atoms with van der Waals surface area (Å²) in [4.78, 5) is 8.80. The van der Waals surface area contributed by atoms with Gasteiger partial charge in [0.05, 0.1) is 18.2 Å². The fourth-order valence-corrected chi connectivity index (χ4v) is 2.23. The minimum atomic E-state index is 0.210. The molecule has 0 aliphatic carbocycles. The Kier molecular flexibility index (Phi) is 4.51. The smallest absolute Gasteiger partial charge is 0.129 e. The molecule has 0 aromatic carbocycles. The largest absolute Gasteiger partial charge is 0.395 e. The van der Waals surface area contributed by atoms with Crippen LogP contribution in [0.4, 0.5) is 5.82 Å². The first-order valence-corrected chi connectivity index (χ1v) is 6.28. The van der Waals surface area contributed by atoms with Crippen molar-refractivity contribution >= 4 is 5.82 Å². The summed E-state index contributed by atoms with van der Waals surface area (Å²) in [5.41, 5.74) is 0.650. The van der Waals surface area contributed by atoms with E-state index in [0.29, 0.717) is 5.56 Å². The molecule has 0 radical (unpaired) electrons. The zero-order valence-corrected chi connectivity index (χ0v) is 10.4. The summed E-state index contributed by atoms with van der Waals surface area (Å²) in [6.07, 6.45) is 2.74. The Morgan fingerprint density at radius 1 is 1.33 bits per heavy atom. The highest BCUT2D eigenvalue weighted by molar-refractivity contribution is 5.45. The molecule has 1 aromatic rings. The normalized spacial score (nSPS) is 17.2. The predicted octanol–water partition coefficient (Wildman–Crippen LogP) is 0.458. The van der Waals surface area contributed by atoms with E-state index in [4.69, 9.17) is 10.4 Å². The molecule has 0 saturated carbocycles. The molecular weight excluding hydrogens is 228 g/mol. The third-order valence-electron chi connectivity index (χ3n) is 3.20. The first kappa shape index (κ1) is 12.8. The lowest BCUT2D eigenvalue weighted by Gasteiger charge is -2.22. The number of hydrogen-bond acceptors (Lipinski definition) is 5. The third-order valence-corrected chi connectivity index (χ3v) is 3.20. The number of aliphatic hydroxyl groups is 1. The second-order valence-corrected chi connectivity index (χ2v) is 4.42. The summed E-state index contributed by atoms with van der Waals surface area (Å²) in [6, 6.07) is 5.70. The Labute approximate surface area is 107 Å². The number of nitrogens with zero attached hydrogens (tertiary/aromatic N) is 4. The van der Waals surface area contributed by atoms with Crippen molar-refractivity contribution in [3.8, 4) is 6.07 Å². The molecule has 0 atom stereocenters. The van der Waals surface area contributed by atoms with Crippen LogP contribution >= 0.6 is 0 Å². The summed E-state index contributed by atoms with van der Waals surface area (Å²) in [7, 11) is 0. The molecule has 96 valence electrons. The van der Waals surface area contributed by atoms with E-state index in [2.05, 4.69) is 20.9 Å². The molecule has 18 heavy (non-hydrogen) atoms. The maximum atomic E-state index is 8.96. The van der Waals surface area contributed by atoms with Crippen LogP contribution < -0.4 is 4.90 Å². The van der Waals surface area contributed by atoms with Gasteiger partial charge in [0.2, 0.25) is 0 Å². The Balaban J connectivity index is 2.03. The number of β-amino-alcohol motifs (C(OH)–C–C–N with tert-alkyl or cyclic N) is 1. The number of rotatable bonds is 3. The molecule has 0 bridgehead atoms. The molecule has 2 heterocycles. The first-order chi connectivity index (χ1) is 8.83. The second-order valence-electron chi connectivity index (χ2n) is 4.42.